The lowest BCUT2D eigenvalue weighted by Gasteiger charge is -1.96. The second kappa shape index (κ2) is 3.64. The zero-order valence-electron chi connectivity index (χ0n) is 5.71. The first-order chi connectivity index (χ1) is 5.26. The van der Waals surface area contributed by atoms with Gasteiger partial charge in [-0.1, -0.05) is 0 Å². The molecule has 0 unspecified atom stereocenters. The molecule has 1 rings (SSSR count). The largest absolute Gasteiger partial charge is 0.326 e. The summed E-state index contributed by atoms with van der Waals surface area (Å²) in [7, 11) is 0. The minimum Gasteiger partial charge on any atom is -0.326 e. The zero-order valence-corrected chi connectivity index (χ0v) is 7.87. The Morgan fingerprint density at radius 2 is 2.36 bits per heavy atom. The molecule has 0 fully saturated rings. The summed E-state index contributed by atoms with van der Waals surface area (Å²) >= 11 is 2.06. The second-order valence-electron chi connectivity index (χ2n) is 2.00. The van der Waals surface area contributed by atoms with E-state index >= 15 is 0 Å². The number of nitrogens with zero attached hydrogens (tertiary/aromatic N) is 2. The van der Waals surface area contributed by atoms with E-state index in [9.17, 15) is 0 Å². The minimum absolute atomic E-state index is 0.428. The highest BCUT2D eigenvalue weighted by Gasteiger charge is 1.97. The average Bonchev–Trinajstić information content (AvgIpc) is 2.03. The van der Waals surface area contributed by atoms with Gasteiger partial charge < -0.3 is 5.73 Å². The Morgan fingerprint density at radius 1 is 1.64 bits per heavy atom. The van der Waals surface area contributed by atoms with Gasteiger partial charge in [0.05, 0.1) is 0 Å². The molecule has 0 saturated carbocycles. The van der Waals surface area contributed by atoms with Gasteiger partial charge >= 0.3 is 0 Å². The molecule has 0 aliphatic heterocycles. The molecule has 11 heavy (non-hydrogen) atoms. The predicted molar refractivity (Wildman–Crippen MR) is 49.6 cm³/mol. The smallest absolute Gasteiger partial charge is 0.142 e. The Hall–Kier alpha value is -0.670. The van der Waals surface area contributed by atoms with Gasteiger partial charge in [-0.15, -0.1) is 0 Å². The fourth-order valence-corrected chi connectivity index (χ4v) is 1.38. The molecule has 3 nitrogen and oxygen atoms in total. The second-order valence-corrected chi connectivity index (χ2v) is 3.10. The van der Waals surface area contributed by atoms with Gasteiger partial charge in [-0.25, -0.2) is 4.98 Å². The van der Waals surface area contributed by atoms with Crippen LogP contribution in [0, 0.1) is 15.0 Å². The van der Waals surface area contributed by atoms with E-state index in [1.165, 1.54) is 0 Å². The van der Waals surface area contributed by atoms with Crippen LogP contribution >= 0.6 is 22.6 Å². The first-order valence-electron chi connectivity index (χ1n) is 3.03. The summed E-state index contributed by atoms with van der Waals surface area (Å²) < 4.78 is 0.808. The number of hydrogen-bond acceptors (Lipinski definition) is 3. The molecular formula is C7H6IN3. The van der Waals surface area contributed by atoms with Gasteiger partial charge in [0.2, 0.25) is 0 Å². The van der Waals surface area contributed by atoms with E-state index < -0.39 is 0 Å². The lowest BCUT2D eigenvalue weighted by molar-refractivity contribution is 1.04. The molecule has 0 bridgehead atoms. The van der Waals surface area contributed by atoms with Crippen molar-refractivity contribution in [3.63, 3.8) is 0 Å². The SMILES string of the molecule is N#Cc1cc(CN)cc(I)n1. The number of halogens is 1. The van der Waals surface area contributed by atoms with E-state index in [1.54, 1.807) is 6.07 Å². The summed E-state index contributed by atoms with van der Waals surface area (Å²) in [4.78, 5) is 3.97. The highest BCUT2D eigenvalue weighted by molar-refractivity contribution is 14.1. The van der Waals surface area contributed by atoms with Crippen LogP contribution in [0.2, 0.25) is 0 Å². The third-order valence-corrected chi connectivity index (χ3v) is 1.76. The molecule has 4 heteroatoms. The molecule has 1 heterocycles. The summed E-state index contributed by atoms with van der Waals surface area (Å²) in [5, 5.41) is 8.53. The highest BCUT2D eigenvalue weighted by atomic mass is 127. The number of aromatic nitrogens is 1. The number of nitrogens with two attached hydrogens (primary N) is 1. The third kappa shape index (κ3) is 2.13. The Kier molecular flexibility index (Phi) is 2.79. The Bertz CT molecular complexity index is 303. The molecule has 1 aromatic rings. The number of pyridine rings is 1. The third-order valence-electron chi connectivity index (χ3n) is 1.20. The van der Waals surface area contributed by atoms with Crippen LogP contribution in [0.3, 0.4) is 0 Å². The molecule has 0 spiro atoms. The molecule has 1 aromatic heterocycles. The van der Waals surface area contributed by atoms with Gasteiger partial charge in [0.1, 0.15) is 15.5 Å². The summed E-state index contributed by atoms with van der Waals surface area (Å²) in [5.74, 6) is 0. The standard InChI is InChI=1S/C7H6IN3/c8-7-2-5(3-9)1-6(4-10)11-7/h1-2H,3,9H2. The number of rotatable bonds is 1. The lowest BCUT2D eigenvalue weighted by atomic mass is 10.2. The van der Waals surface area contributed by atoms with E-state index in [0.717, 1.165) is 9.26 Å². The molecule has 0 aromatic carbocycles. The maximum atomic E-state index is 8.53. The quantitative estimate of drug-likeness (QED) is 0.604. The van der Waals surface area contributed by atoms with Gasteiger partial charge in [0.15, 0.2) is 0 Å². The van der Waals surface area contributed by atoms with Crippen molar-refractivity contribution in [1.29, 1.82) is 5.26 Å². The average molecular weight is 259 g/mol. The van der Waals surface area contributed by atoms with Gasteiger partial charge in [-0.2, -0.15) is 5.26 Å². The van der Waals surface area contributed by atoms with Crippen LogP contribution in [0.15, 0.2) is 12.1 Å². The molecule has 0 saturated heterocycles. The van der Waals surface area contributed by atoms with E-state index in [1.807, 2.05) is 12.1 Å². The molecule has 2 N–H and O–H groups in total. The van der Waals surface area contributed by atoms with Crippen molar-refractivity contribution in [3.05, 3.63) is 27.1 Å². The summed E-state index contributed by atoms with van der Waals surface area (Å²) in [6.45, 7) is 0.452. The van der Waals surface area contributed by atoms with Crippen LogP contribution in [0.5, 0.6) is 0 Å². The summed E-state index contributed by atoms with van der Waals surface area (Å²) in [6, 6.07) is 5.53. The van der Waals surface area contributed by atoms with Gasteiger partial charge in [-0.3, -0.25) is 0 Å². The maximum Gasteiger partial charge on any atom is 0.142 e. The van der Waals surface area contributed by atoms with Crippen molar-refractivity contribution >= 4 is 22.6 Å². The van der Waals surface area contributed by atoms with E-state index in [2.05, 4.69) is 27.6 Å². The minimum atomic E-state index is 0.428. The lowest BCUT2D eigenvalue weighted by Crippen LogP contribution is -1.99. The van der Waals surface area contributed by atoms with E-state index in [-0.39, 0.29) is 0 Å². The van der Waals surface area contributed by atoms with Crippen LogP contribution in [0.1, 0.15) is 11.3 Å². The van der Waals surface area contributed by atoms with Gasteiger partial charge in [0, 0.05) is 6.54 Å². The Balaban J connectivity index is 3.15. The molecule has 0 radical (unpaired) electrons. The molecule has 0 amide bonds. The monoisotopic (exact) mass is 259 g/mol. The van der Waals surface area contributed by atoms with Gasteiger partial charge in [0.25, 0.3) is 0 Å². The topological polar surface area (TPSA) is 62.7 Å². The van der Waals surface area contributed by atoms with E-state index in [0.29, 0.717) is 12.2 Å². The van der Waals surface area contributed by atoms with Crippen molar-refractivity contribution in [2.45, 2.75) is 6.54 Å². The fourth-order valence-electron chi connectivity index (χ4n) is 0.725. The van der Waals surface area contributed by atoms with Crippen molar-refractivity contribution in [3.8, 4) is 6.07 Å². The van der Waals surface area contributed by atoms with Gasteiger partial charge in [-0.05, 0) is 40.3 Å². The normalized spacial score (nSPS) is 9.18. The fraction of sp³-hybridized carbons (Fsp3) is 0.143. The molecular weight excluding hydrogens is 253 g/mol. The molecule has 0 aliphatic rings. The van der Waals surface area contributed by atoms with Crippen LogP contribution in [-0.4, -0.2) is 4.98 Å². The van der Waals surface area contributed by atoms with Crippen LogP contribution in [0.4, 0.5) is 0 Å². The number of hydrogen-bond donors (Lipinski definition) is 1. The predicted octanol–water partition coefficient (Wildman–Crippen LogP) is 1.02. The number of nitriles is 1. The summed E-state index contributed by atoms with van der Waals surface area (Å²) in [5.41, 5.74) is 6.78. The Labute approximate surface area is 78.4 Å². The van der Waals surface area contributed by atoms with Crippen LogP contribution < -0.4 is 5.73 Å². The Morgan fingerprint density at radius 3 is 2.91 bits per heavy atom. The molecule has 56 valence electrons. The highest BCUT2D eigenvalue weighted by Crippen LogP contribution is 2.06. The van der Waals surface area contributed by atoms with Crippen molar-refractivity contribution in [2.75, 3.05) is 0 Å². The first-order valence-corrected chi connectivity index (χ1v) is 4.11. The first kappa shape index (κ1) is 8.43. The van der Waals surface area contributed by atoms with Crippen molar-refractivity contribution in [1.82, 2.24) is 4.98 Å². The van der Waals surface area contributed by atoms with Crippen molar-refractivity contribution < 1.29 is 0 Å². The maximum absolute atomic E-state index is 8.53. The molecule has 0 aliphatic carbocycles. The summed E-state index contributed by atoms with van der Waals surface area (Å²) in [6.07, 6.45) is 0. The van der Waals surface area contributed by atoms with Crippen LogP contribution in [-0.2, 0) is 6.54 Å². The zero-order chi connectivity index (χ0) is 8.27. The molecule has 0 atom stereocenters. The van der Waals surface area contributed by atoms with Crippen molar-refractivity contribution in [2.24, 2.45) is 5.73 Å². The van der Waals surface area contributed by atoms with Crippen LogP contribution in [0.25, 0.3) is 0 Å². The van der Waals surface area contributed by atoms with E-state index in [4.69, 9.17) is 11.0 Å².